The molecule has 3 rings (SSSR count). The normalized spacial score (nSPS) is 12.3. The molecule has 1 atom stereocenters. The molecule has 8 heteroatoms. The number of alkyl halides is 2. The van der Waals surface area contributed by atoms with Gasteiger partial charge in [0.2, 0.25) is 0 Å². The molecule has 0 fully saturated rings. The quantitative estimate of drug-likeness (QED) is 0.402. The molecule has 0 heterocycles. The van der Waals surface area contributed by atoms with Gasteiger partial charge in [-0.2, -0.15) is 8.78 Å². The van der Waals surface area contributed by atoms with Crippen LogP contribution in [0.1, 0.15) is 34.0 Å². The highest BCUT2D eigenvalue weighted by molar-refractivity contribution is 6.37. The SMILES string of the molecule is CC(O)C(F)(F)c1ccc(CC(=O)Cc2ccc(C(=O)N(C)c3ccc(Cl)cc3Cl)cc2)cc1. The number of anilines is 1. The number of carbonyl (C=O) groups excluding carboxylic acids is 2. The number of halogens is 4. The van der Waals surface area contributed by atoms with Crippen molar-refractivity contribution in [2.24, 2.45) is 0 Å². The first-order valence-electron chi connectivity index (χ1n) is 10.5. The highest BCUT2D eigenvalue weighted by Crippen LogP contribution is 2.32. The zero-order chi connectivity index (χ0) is 25.0. The molecule has 0 aliphatic carbocycles. The van der Waals surface area contributed by atoms with Crippen LogP contribution in [0.5, 0.6) is 0 Å². The third kappa shape index (κ3) is 6.00. The summed E-state index contributed by atoms with van der Waals surface area (Å²) in [5.74, 6) is -3.72. The van der Waals surface area contributed by atoms with Gasteiger partial charge < -0.3 is 10.0 Å². The molecule has 0 radical (unpaired) electrons. The van der Waals surface area contributed by atoms with Gasteiger partial charge in [0.15, 0.2) is 0 Å². The number of aliphatic hydroxyl groups is 1. The maximum Gasteiger partial charge on any atom is 0.298 e. The van der Waals surface area contributed by atoms with Crippen molar-refractivity contribution in [2.45, 2.75) is 31.8 Å². The molecule has 0 aliphatic heterocycles. The lowest BCUT2D eigenvalue weighted by Gasteiger charge is -2.19. The highest BCUT2D eigenvalue weighted by atomic mass is 35.5. The third-order valence-corrected chi connectivity index (χ3v) is 5.98. The van der Waals surface area contributed by atoms with Crippen LogP contribution in [-0.4, -0.2) is 29.9 Å². The number of hydrogen-bond donors (Lipinski definition) is 1. The van der Waals surface area contributed by atoms with E-state index in [-0.39, 0.29) is 30.1 Å². The van der Waals surface area contributed by atoms with E-state index in [0.29, 0.717) is 26.9 Å². The summed E-state index contributed by atoms with van der Waals surface area (Å²) in [7, 11) is 1.61. The fraction of sp³-hybridized carbons (Fsp3) is 0.231. The first kappa shape index (κ1) is 25.8. The standard InChI is InChI=1S/C26H23Cl2F2NO3/c1-16(32)26(29,30)20-9-5-18(6-10-20)14-22(33)13-17-3-7-19(8-4-17)25(34)31(2)24-12-11-21(27)15-23(24)28/h3-12,15-16,32H,13-14H2,1-2H3. The monoisotopic (exact) mass is 505 g/mol. The molecule has 0 spiro atoms. The van der Waals surface area contributed by atoms with Gasteiger partial charge in [0.25, 0.3) is 11.8 Å². The molecule has 3 aromatic carbocycles. The molecule has 0 aromatic heterocycles. The van der Waals surface area contributed by atoms with E-state index in [2.05, 4.69) is 0 Å². The van der Waals surface area contributed by atoms with E-state index in [1.807, 2.05) is 0 Å². The Hall–Kier alpha value is -2.80. The predicted octanol–water partition coefficient (Wildman–Crippen LogP) is 6.10. The minimum absolute atomic E-state index is 0.0824. The summed E-state index contributed by atoms with van der Waals surface area (Å²) in [6.45, 7) is 1.03. The molecule has 0 bridgehead atoms. The molecule has 3 aromatic rings. The van der Waals surface area contributed by atoms with Crippen LogP contribution < -0.4 is 4.90 Å². The molecule has 0 saturated carbocycles. The molecule has 0 saturated heterocycles. The smallest absolute Gasteiger partial charge is 0.298 e. The molecule has 0 aliphatic rings. The van der Waals surface area contributed by atoms with Gasteiger partial charge in [-0.25, -0.2) is 0 Å². The Labute approximate surface area is 206 Å². The number of carbonyl (C=O) groups is 2. The van der Waals surface area contributed by atoms with Gasteiger partial charge in [-0.3, -0.25) is 9.59 Å². The van der Waals surface area contributed by atoms with Gasteiger partial charge in [-0.05, 0) is 48.4 Å². The van der Waals surface area contributed by atoms with E-state index in [1.54, 1.807) is 49.5 Å². The molecule has 1 N–H and O–H groups in total. The van der Waals surface area contributed by atoms with Gasteiger partial charge in [0.1, 0.15) is 11.9 Å². The van der Waals surface area contributed by atoms with Crippen molar-refractivity contribution in [1.29, 1.82) is 0 Å². The molecule has 178 valence electrons. The maximum atomic E-state index is 13.9. The van der Waals surface area contributed by atoms with Gasteiger partial charge in [0.05, 0.1) is 10.7 Å². The first-order valence-corrected chi connectivity index (χ1v) is 11.2. The lowest BCUT2D eigenvalue weighted by molar-refractivity contribution is -0.117. The molecule has 1 amide bonds. The Morgan fingerprint density at radius 2 is 1.47 bits per heavy atom. The van der Waals surface area contributed by atoms with Crippen LogP contribution in [-0.2, 0) is 23.6 Å². The summed E-state index contributed by atoms with van der Waals surface area (Å²) in [6, 6.07) is 16.9. The minimum Gasteiger partial charge on any atom is -0.387 e. The fourth-order valence-corrected chi connectivity index (χ4v) is 3.96. The van der Waals surface area contributed by atoms with Crippen LogP contribution >= 0.6 is 23.2 Å². The summed E-state index contributed by atoms with van der Waals surface area (Å²) in [4.78, 5) is 26.7. The van der Waals surface area contributed by atoms with Crippen molar-refractivity contribution in [1.82, 2.24) is 0 Å². The van der Waals surface area contributed by atoms with Gasteiger partial charge >= 0.3 is 0 Å². The largest absolute Gasteiger partial charge is 0.387 e. The topological polar surface area (TPSA) is 57.6 Å². The Kier molecular flexibility index (Phi) is 8.08. The average molecular weight is 506 g/mol. The Morgan fingerprint density at radius 3 is 1.97 bits per heavy atom. The second-order valence-electron chi connectivity index (χ2n) is 8.04. The number of nitrogens with zero attached hydrogens (tertiary/aromatic N) is 1. The van der Waals surface area contributed by atoms with Crippen molar-refractivity contribution < 1.29 is 23.5 Å². The summed E-state index contributed by atoms with van der Waals surface area (Å²) in [6.07, 6.45) is -1.59. The molecule has 34 heavy (non-hydrogen) atoms. The van der Waals surface area contributed by atoms with E-state index in [0.717, 1.165) is 12.5 Å². The summed E-state index contributed by atoms with van der Waals surface area (Å²) in [5.41, 5.74) is 1.98. The summed E-state index contributed by atoms with van der Waals surface area (Å²) < 4.78 is 27.8. The van der Waals surface area contributed by atoms with Gasteiger partial charge in [0, 0.05) is 36.0 Å². The number of aliphatic hydroxyl groups excluding tert-OH is 1. The van der Waals surface area contributed by atoms with E-state index in [4.69, 9.17) is 23.2 Å². The van der Waals surface area contributed by atoms with E-state index >= 15 is 0 Å². The van der Waals surface area contributed by atoms with Crippen molar-refractivity contribution >= 4 is 40.6 Å². The van der Waals surface area contributed by atoms with Gasteiger partial charge in [-0.1, -0.05) is 59.6 Å². The number of amides is 1. The van der Waals surface area contributed by atoms with Crippen molar-refractivity contribution in [3.05, 3.63) is 99.0 Å². The van der Waals surface area contributed by atoms with Crippen LogP contribution in [0, 0.1) is 0 Å². The maximum absolute atomic E-state index is 13.9. The Bertz CT molecular complexity index is 1180. The highest BCUT2D eigenvalue weighted by Gasteiger charge is 2.37. The second kappa shape index (κ2) is 10.6. The van der Waals surface area contributed by atoms with E-state index < -0.39 is 12.0 Å². The average Bonchev–Trinajstić information content (AvgIpc) is 2.79. The number of rotatable bonds is 8. The number of ketones is 1. The first-order chi connectivity index (χ1) is 16.0. The molecular formula is C26H23Cl2F2NO3. The second-order valence-corrected chi connectivity index (χ2v) is 8.89. The van der Waals surface area contributed by atoms with E-state index in [9.17, 15) is 23.5 Å². The van der Waals surface area contributed by atoms with Crippen LogP contribution in [0.15, 0.2) is 66.7 Å². The minimum atomic E-state index is -3.35. The van der Waals surface area contributed by atoms with E-state index in [1.165, 1.54) is 29.2 Å². The summed E-state index contributed by atoms with van der Waals surface area (Å²) >= 11 is 12.1. The zero-order valence-corrected chi connectivity index (χ0v) is 20.1. The molecule has 1 unspecified atom stereocenters. The molecule has 4 nitrogen and oxygen atoms in total. The van der Waals surface area contributed by atoms with Crippen LogP contribution in [0.25, 0.3) is 0 Å². The van der Waals surface area contributed by atoms with Crippen molar-refractivity contribution in [3.63, 3.8) is 0 Å². The van der Waals surface area contributed by atoms with Crippen LogP contribution in [0.3, 0.4) is 0 Å². The fourth-order valence-electron chi connectivity index (χ4n) is 3.43. The summed E-state index contributed by atoms with van der Waals surface area (Å²) in [5, 5.41) is 10.1. The van der Waals surface area contributed by atoms with Crippen LogP contribution in [0.2, 0.25) is 10.0 Å². The van der Waals surface area contributed by atoms with Crippen molar-refractivity contribution in [2.75, 3.05) is 11.9 Å². The van der Waals surface area contributed by atoms with Crippen molar-refractivity contribution in [3.8, 4) is 0 Å². The number of hydrogen-bond acceptors (Lipinski definition) is 3. The van der Waals surface area contributed by atoms with Gasteiger partial charge in [-0.15, -0.1) is 0 Å². The number of Topliss-reactive ketones (excluding diaryl/α,β-unsaturated/α-hetero) is 1. The zero-order valence-electron chi connectivity index (χ0n) is 18.6. The third-order valence-electron chi connectivity index (χ3n) is 5.44. The predicted molar refractivity (Wildman–Crippen MR) is 130 cm³/mol. The molecular weight excluding hydrogens is 483 g/mol. The number of benzene rings is 3. The Morgan fingerprint density at radius 1 is 0.941 bits per heavy atom. The lowest BCUT2D eigenvalue weighted by atomic mass is 9.98. The lowest BCUT2D eigenvalue weighted by Crippen LogP contribution is -2.27. The Balaban J connectivity index is 1.62. The van der Waals surface area contributed by atoms with Crippen LogP contribution in [0.4, 0.5) is 14.5 Å².